The molecule has 106 valence electrons. The summed E-state index contributed by atoms with van der Waals surface area (Å²) in [6, 6.07) is 10.4. The van der Waals surface area contributed by atoms with Crippen molar-refractivity contribution >= 4 is 22.5 Å². The topological polar surface area (TPSA) is 44.9 Å². The second-order valence-electron chi connectivity index (χ2n) is 4.71. The van der Waals surface area contributed by atoms with E-state index in [1.54, 1.807) is 24.4 Å². The quantitative estimate of drug-likeness (QED) is 0.758. The first-order valence-corrected chi connectivity index (χ1v) is 6.43. The fourth-order valence-electron chi connectivity index (χ4n) is 2.27. The van der Waals surface area contributed by atoms with Crippen LogP contribution in [0.1, 0.15) is 5.56 Å². The molecule has 0 saturated carbocycles. The average molecular weight is 286 g/mol. The van der Waals surface area contributed by atoms with Crippen molar-refractivity contribution in [2.75, 3.05) is 5.32 Å². The Balaban J connectivity index is 1.79. The standard InChI is InChI=1S/C16H12F2N2O/c17-11-3-1-4-12(8-11)20-15(21)7-10-9-19-16-13(10)5-2-6-14(16)18/h1-6,8-9,19H,7H2,(H,20,21). The molecular formula is C16H12F2N2O. The molecule has 21 heavy (non-hydrogen) atoms. The molecule has 1 aromatic heterocycles. The van der Waals surface area contributed by atoms with E-state index in [1.807, 2.05) is 0 Å². The lowest BCUT2D eigenvalue weighted by atomic mass is 10.1. The van der Waals surface area contributed by atoms with Crippen LogP contribution in [-0.4, -0.2) is 10.9 Å². The number of carbonyl (C=O) groups is 1. The maximum absolute atomic E-state index is 13.6. The molecule has 0 unspecified atom stereocenters. The number of rotatable bonds is 3. The number of aromatic amines is 1. The first kappa shape index (κ1) is 13.3. The maximum Gasteiger partial charge on any atom is 0.228 e. The normalized spacial score (nSPS) is 10.8. The summed E-state index contributed by atoms with van der Waals surface area (Å²) in [6.07, 6.45) is 1.69. The van der Waals surface area contributed by atoms with Gasteiger partial charge in [0.25, 0.3) is 0 Å². The summed E-state index contributed by atoms with van der Waals surface area (Å²) in [5.41, 5.74) is 1.47. The zero-order chi connectivity index (χ0) is 14.8. The van der Waals surface area contributed by atoms with Crippen molar-refractivity contribution in [2.45, 2.75) is 6.42 Å². The molecule has 0 aliphatic rings. The van der Waals surface area contributed by atoms with Crippen molar-refractivity contribution in [3.8, 4) is 0 Å². The van der Waals surface area contributed by atoms with E-state index in [9.17, 15) is 13.6 Å². The third-order valence-electron chi connectivity index (χ3n) is 3.21. The number of para-hydroxylation sites is 1. The number of H-pyrrole nitrogens is 1. The Morgan fingerprint density at radius 2 is 1.95 bits per heavy atom. The fraction of sp³-hybridized carbons (Fsp3) is 0.0625. The summed E-state index contributed by atoms with van der Waals surface area (Å²) in [5.74, 6) is -1.06. The van der Waals surface area contributed by atoms with Gasteiger partial charge in [0.2, 0.25) is 5.91 Å². The monoisotopic (exact) mass is 286 g/mol. The number of nitrogens with one attached hydrogen (secondary N) is 2. The highest BCUT2D eigenvalue weighted by Gasteiger charge is 2.11. The number of carbonyl (C=O) groups excluding carboxylic acids is 1. The third-order valence-corrected chi connectivity index (χ3v) is 3.21. The van der Waals surface area contributed by atoms with Crippen LogP contribution in [0.3, 0.4) is 0 Å². The average Bonchev–Trinajstić information content (AvgIpc) is 2.83. The van der Waals surface area contributed by atoms with E-state index >= 15 is 0 Å². The summed E-state index contributed by atoms with van der Waals surface area (Å²) in [7, 11) is 0. The molecule has 0 spiro atoms. The van der Waals surface area contributed by atoms with Gasteiger partial charge in [-0.2, -0.15) is 0 Å². The summed E-state index contributed by atoms with van der Waals surface area (Å²) in [4.78, 5) is 14.8. The number of aromatic nitrogens is 1. The van der Waals surface area contributed by atoms with Crippen LogP contribution in [0.25, 0.3) is 10.9 Å². The zero-order valence-electron chi connectivity index (χ0n) is 11.0. The predicted octanol–water partition coefficient (Wildman–Crippen LogP) is 3.63. The van der Waals surface area contributed by atoms with E-state index in [0.717, 1.165) is 0 Å². The van der Waals surface area contributed by atoms with Crippen LogP contribution in [0.4, 0.5) is 14.5 Å². The highest BCUT2D eigenvalue weighted by molar-refractivity contribution is 5.95. The number of hydrogen-bond donors (Lipinski definition) is 2. The Morgan fingerprint density at radius 1 is 1.14 bits per heavy atom. The molecular weight excluding hydrogens is 274 g/mol. The smallest absolute Gasteiger partial charge is 0.228 e. The second kappa shape index (κ2) is 5.36. The molecule has 3 rings (SSSR count). The van der Waals surface area contributed by atoms with Gasteiger partial charge in [-0.3, -0.25) is 4.79 Å². The zero-order valence-corrected chi connectivity index (χ0v) is 11.0. The number of benzene rings is 2. The molecule has 0 aliphatic carbocycles. The van der Waals surface area contributed by atoms with Gasteiger partial charge >= 0.3 is 0 Å². The van der Waals surface area contributed by atoms with Gasteiger partial charge in [0, 0.05) is 17.3 Å². The van der Waals surface area contributed by atoms with Crippen molar-refractivity contribution in [1.29, 1.82) is 0 Å². The lowest BCUT2D eigenvalue weighted by molar-refractivity contribution is -0.115. The molecule has 1 amide bonds. The van der Waals surface area contributed by atoms with Crippen LogP contribution in [0, 0.1) is 11.6 Å². The molecule has 2 aromatic carbocycles. The van der Waals surface area contributed by atoms with Gasteiger partial charge in [0.1, 0.15) is 11.6 Å². The highest BCUT2D eigenvalue weighted by atomic mass is 19.1. The number of anilines is 1. The Labute approximate surface area is 119 Å². The van der Waals surface area contributed by atoms with Gasteiger partial charge in [-0.15, -0.1) is 0 Å². The molecule has 0 radical (unpaired) electrons. The Bertz CT molecular complexity index is 811. The van der Waals surface area contributed by atoms with Crippen molar-refractivity contribution in [3.05, 3.63) is 65.9 Å². The van der Waals surface area contributed by atoms with E-state index in [1.165, 1.54) is 24.3 Å². The lowest BCUT2D eigenvalue weighted by Gasteiger charge is -2.04. The molecule has 0 atom stereocenters. The highest BCUT2D eigenvalue weighted by Crippen LogP contribution is 2.21. The van der Waals surface area contributed by atoms with E-state index in [0.29, 0.717) is 22.2 Å². The largest absolute Gasteiger partial charge is 0.359 e. The van der Waals surface area contributed by atoms with Gasteiger partial charge in [-0.05, 0) is 29.8 Å². The van der Waals surface area contributed by atoms with Crippen LogP contribution < -0.4 is 5.32 Å². The summed E-state index contributed by atoms with van der Waals surface area (Å²) in [5, 5.41) is 3.28. The minimum atomic E-state index is -0.415. The molecule has 3 aromatic rings. The molecule has 0 bridgehead atoms. The van der Waals surface area contributed by atoms with E-state index in [4.69, 9.17) is 0 Å². The van der Waals surface area contributed by atoms with Gasteiger partial charge in [-0.25, -0.2) is 8.78 Å². The van der Waals surface area contributed by atoms with Crippen LogP contribution >= 0.6 is 0 Å². The number of amides is 1. The molecule has 5 heteroatoms. The second-order valence-corrected chi connectivity index (χ2v) is 4.71. The SMILES string of the molecule is O=C(Cc1c[nH]c2c(F)cccc12)Nc1cccc(F)c1. The third kappa shape index (κ3) is 2.76. The Morgan fingerprint density at radius 3 is 2.76 bits per heavy atom. The molecule has 2 N–H and O–H groups in total. The van der Waals surface area contributed by atoms with E-state index < -0.39 is 5.82 Å². The first-order valence-electron chi connectivity index (χ1n) is 6.43. The molecule has 1 heterocycles. The Kier molecular flexibility index (Phi) is 3.39. The van der Waals surface area contributed by atoms with Crippen molar-refractivity contribution in [3.63, 3.8) is 0 Å². The van der Waals surface area contributed by atoms with Crippen LogP contribution in [0.5, 0.6) is 0 Å². The minimum Gasteiger partial charge on any atom is -0.359 e. The van der Waals surface area contributed by atoms with Gasteiger partial charge in [-0.1, -0.05) is 18.2 Å². The van der Waals surface area contributed by atoms with Crippen molar-refractivity contribution < 1.29 is 13.6 Å². The van der Waals surface area contributed by atoms with Crippen LogP contribution in [-0.2, 0) is 11.2 Å². The summed E-state index contributed by atoms with van der Waals surface area (Å²) < 4.78 is 26.6. The number of halogens is 2. The van der Waals surface area contributed by atoms with Crippen LogP contribution in [0.2, 0.25) is 0 Å². The molecule has 0 aliphatic heterocycles. The first-order chi connectivity index (χ1) is 10.1. The van der Waals surface area contributed by atoms with Gasteiger partial charge in [0.05, 0.1) is 11.9 Å². The van der Waals surface area contributed by atoms with Crippen molar-refractivity contribution in [2.24, 2.45) is 0 Å². The molecule has 0 saturated heterocycles. The van der Waals surface area contributed by atoms with E-state index in [2.05, 4.69) is 10.3 Å². The molecule has 0 fully saturated rings. The lowest BCUT2D eigenvalue weighted by Crippen LogP contribution is -2.14. The van der Waals surface area contributed by atoms with Gasteiger partial charge in [0.15, 0.2) is 0 Å². The predicted molar refractivity (Wildman–Crippen MR) is 77.0 cm³/mol. The van der Waals surface area contributed by atoms with Crippen molar-refractivity contribution in [1.82, 2.24) is 4.98 Å². The summed E-state index contributed by atoms with van der Waals surface area (Å²) in [6.45, 7) is 0. The Hall–Kier alpha value is -2.69. The van der Waals surface area contributed by atoms with Crippen LogP contribution in [0.15, 0.2) is 48.7 Å². The van der Waals surface area contributed by atoms with Gasteiger partial charge < -0.3 is 10.3 Å². The maximum atomic E-state index is 13.6. The summed E-state index contributed by atoms with van der Waals surface area (Å²) >= 11 is 0. The molecule has 3 nitrogen and oxygen atoms in total. The fourth-order valence-corrected chi connectivity index (χ4v) is 2.27. The van der Waals surface area contributed by atoms with E-state index in [-0.39, 0.29) is 18.1 Å². The minimum absolute atomic E-state index is 0.0833. The number of fused-ring (bicyclic) bond motifs is 1. The number of hydrogen-bond acceptors (Lipinski definition) is 1.